The first-order chi connectivity index (χ1) is 12.2. The molecule has 0 saturated carbocycles. The van der Waals surface area contributed by atoms with Crippen LogP contribution in [0.3, 0.4) is 0 Å². The first-order valence-corrected chi connectivity index (χ1v) is 8.15. The van der Waals surface area contributed by atoms with Gasteiger partial charge in [-0.3, -0.25) is 4.98 Å². The molecule has 2 aromatic heterocycles. The van der Waals surface area contributed by atoms with Crippen LogP contribution in [0.5, 0.6) is 0 Å². The smallest absolute Gasteiger partial charge is 0.280 e. The van der Waals surface area contributed by atoms with Crippen LogP contribution in [0.15, 0.2) is 49.1 Å². The fraction of sp³-hybridized carbons (Fsp3) is 0.278. The predicted octanol–water partition coefficient (Wildman–Crippen LogP) is 3.29. The fourth-order valence-corrected chi connectivity index (χ4v) is 3.18. The van der Waals surface area contributed by atoms with Gasteiger partial charge in [0.2, 0.25) is 0 Å². The number of hydrogen-bond donors (Lipinski definition) is 0. The van der Waals surface area contributed by atoms with Crippen molar-refractivity contribution in [2.75, 3.05) is 36.0 Å². The van der Waals surface area contributed by atoms with Crippen molar-refractivity contribution in [2.45, 2.75) is 6.43 Å². The van der Waals surface area contributed by atoms with Gasteiger partial charge in [0.25, 0.3) is 6.43 Å². The summed E-state index contributed by atoms with van der Waals surface area (Å²) in [5.74, 6) is 0.556. The van der Waals surface area contributed by atoms with Crippen molar-refractivity contribution in [2.24, 2.45) is 0 Å². The number of fused-ring (bicyclic) bond motifs is 1. The maximum Gasteiger partial charge on any atom is 0.280 e. The molecule has 1 aliphatic heterocycles. The molecule has 0 radical (unpaired) electrons. The summed E-state index contributed by atoms with van der Waals surface area (Å²) in [7, 11) is 0. The molecule has 0 spiro atoms. The number of piperazine rings is 1. The van der Waals surface area contributed by atoms with Crippen LogP contribution in [0.1, 0.15) is 12.1 Å². The molecule has 1 aliphatic rings. The molecule has 0 amide bonds. The number of anilines is 2. The van der Waals surface area contributed by atoms with Gasteiger partial charge in [0.05, 0.1) is 11.9 Å². The van der Waals surface area contributed by atoms with Crippen LogP contribution in [0.2, 0.25) is 0 Å². The summed E-state index contributed by atoms with van der Waals surface area (Å²) in [4.78, 5) is 16.4. The SMILES string of the molecule is FC(F)c1cc(N2CCN(c3cncc4ccccc34)CC2)ncn1. The van der Waals surface area contributed by atoms with Crippen LogP contribution in [-0.2, 0) is 0 Å². The van der Waals surface area contributed by atoms with Crippen LogP contribution in [0, 0.1) is 0 Å². The van der Waals surface area contributed by atoms with E-state index in [1.807, 2.05) is 29.4 Å². The molecule has 1 aromatic carbocycles. The average Bonchev–Trinajstić information content (AvgIpc) is 2.68. The number of aromatic nitrogens is 3. The van der Waals surface area contributed by atoms with Gasteiger partial charge in [-0.2, -0.15) is 0 Å². The van der Waals surface area contributed by atoms with Crippen LogP contribution in [0.4, 0.5) is 20.3 Å². The van der Waals surface area contributed by atoms with Crippen molar-refractivity contribution in [3.63, 3.8) is 0 Å². The molecule has 3 aromatic rings. The Bertz CT molecular complexity index is 873. The summed E-state index contributed by atoms with van der Waals surface area (Å²) in [6, 6.07) is 9.54. The van der Waals surface area contributed by atoms with Gasteiger partial charge < -0.3 is 9.80 Å². The second-order valence-corrected chi connectivity index (χ2v) is 5.96. The number of halogens is 2. The molecular formula is C18H17F2N5. The zero-order valence-corrected chi connectivity index (χ0v) is 13.5. The van der Waals surface area contributed by atoms with E-state index in [9.17, 15) is 8.78 Å². The molecule has 1 saturated heterocycles. The van der Waals surface area contributed by atoms with Crippen molar-refractivity contribution in [3.8, 4) is 0 Å². The van der Waals surface area contributed by atoms with Gasteiger partial charge in [-0.1, -0.05) is 24.3 Å². The highest BCUT2D eigenvalue weighted by Gasteiger charge is 2.21. The van der Waals surface area contributed by atoms with E-state index in [0.717, 1.165) is 24.2 Å². The minimum Gasteiger partial charge on any atom is -0.366 e. The molecule has 0 bridgehead atoms. The minimum atomic E-state index is -2.58. The van der Waals surface area contributed by atoms with Crippen molar-refractivity contribution in [1.82, 2.24) is 15.0 Å². The molecule has 5 nitrogen and oxygen atoms in total. The number of hydrogen-bond acceptors (Lipinski definition) is 5. The molecule has 25 heavy (non-hydrogen) atoms. The van der Waals surface area contributed by atoms with Crippen molar-refractivity contribution in [3.05, 3.63) is 54.7 Å². The first-order valence-electron chi connectivity index (χ1n) is 8.15. The lowest BCUT2D eigenvalue weighted by atomic mass is 10.1. The fourth-order valence-electron chi connectivity index (χ4n) is 3.18. The molecule has 0 atom stereocenters. The number of alkyl halides is 2. The third-order valence-electron chi connectivity index (χ3n) is 4.49. The van der Waals surface area contributed by atoms with E-state index >= 15 is 0 Å². The third-order valence-corrected chi connectivity index (χ3v) is 4.49. The molecule has 3 heterocycles. The Labute approximate surface area is 143 Å². The molecule has 0 unspecified atom stereocenters. The molecule has 7 heteroatoms. The number of benzene rings is 1. The predicted molar refractivity (Wildman–Crippen MR) is 93.2 cm³/mol. The number of nitrogens with zero attached hydrogens (tertiary/aromatic N) is 5. The summed E-state index contributed by atoms with van der Waals surface area (Å²) >= 11 is 0. The Balaban J connectivity index is 1.52. The molecule has 0 aliphatic carbocycles. The lowest BCUT2D eigenvalue weighted by Crippen LogP contribution is -2.47. The second-order valence-electron chi connectivity index (χ2n) is 5.96. The monoisotopic (exact) mass is 341 g/mol. The lowest BCUT2D eigenvalue weighted by molar-refractivity contribution is 0.146. The minimum absolute atomic E-state index is 0.231. The van der Waals surface area contributed by atoms with Crippen LogP contribution < -0.4 is 9.80 Å². The Morgan fingerprint density at radius 3 is 2.48 bits per heavy atom. The Kier molecular flexibility index (Phi) is 4.13. The molecule has 128 valence electrons. The van der Waals surface area contributed by atoms with E-state index in [0.29, 0.717) is 18.9 Å². The summed E-state index contributed by atoms with van der Waals surface area (Å²) in [6.07, 6.45) is 2.38. The van der Waals surface area contributed by atoms with Crippen molar-refractivity contribution < 1.29 is 8.78 Å². The Morgan fingerprint density at radius 2 is 1.68 bits per heavy atom. The van der Waals surface area contributed by atoms with Crippen molar-refractivity contribution >= 4 is 22.3 Å². The zero-order valence-electron chi connectivity index (χ0n) is 13.5. The topological polar surface area (TPSA) is 45.2 Å². The Hall–Kier alpha value is -2.83. The van der Waals surface area contributed by atoms with Gasteiger partial charge in [0.1, 0.15) is 17.8 Å². The summed E-state index contributed by atoms with van der Waals surface area (Å²) < 4.78 is 25.6. The first kappa shape index (κ1) is 15.7. The molecule has 0 N–H and O–H groups in total. The highest BCUT2D eigenvalue weighted by molar-refractivity contribution is 5.93. The van der Waals surface area contributed by atoms with Gasteiger partial charge in [-0.05, 0) is 0 Å². The largest absolute Gasteiger partial charge is 0.366 e. The molecule has 1 fully saturated rings. The van der Waals surface area contributed by atoms with E-state index in [-0.39, 0.29) is 5.69 Å². The summed E-state index contributed by atoms with van der Waals surface area (Å²) in [5.41, 5.74) is 0.874. The van der Waals surface area contributed by atoms with E-state index in [2.05, 4.69) is 32.0 Å². The van der Waals surface area contributed by atoms with Gasteiger partial charge in [0.15, 0.2) is 0 Å². The lowest BCUT2D eigenvalue weighted by Gasteiger charge is -2.37. The summed E-state index contributed by atoms with van der Waals surface area (Å²) in [6.45, 7) is 2.99. The van der Waals surface area contributed by atoms with E-state index in [4.69, 9.17) is 0 Å². The number of rotatable bonds is 3. The third kappa shape index (κ3) is 3.09. The van der Waals surface area contributed by atoms with E-state index in [1.54, 1.807) is 0 Å². The van der Waals surface area contributed by atoms with E-state index < -0.39 is 6.43 Å². The van der Waals surface area contributed by atoms with Gasteiger partial charge >= 0.3 is 0 Å². The van der Waals surface area contributed by atoms with Crippen molar-refractivity contribution in [1.29, 1.82) is 0 Å². The van der Waals surface area contributed by atoms with Crippen LogP contribution >= 0.6 is 0 Å². The van der Waals surface area contributed by atoms with Gasteiger partial charge in [0, 0.05) is 49.2 Å². The van der Waals surface area contributed by atoms with Gasteiger partial charge in [-0.15, -0.1) is 0 Å². The summed E-state index contributed by atoms with van der Waals surface area (Å²) in [5, 5.41) is 2.28. The average molecular weight is 341 g/mol. The molecular weight excluding hydrogens is 324 g/mol. The maximum absolute atomic E-state index is 12.8. The zero-order chi connectivity index (χ0) is 17.2. The quantitative estimate of drug-likeness (QED) is 0.731. The Morgan fingerprint density at radius 1 is 0.920 bits per heavy atom. The molecule has 4 rings (SSSR count). The second kappa shape index (κ2) is 6.58. The number of pyridine rings is 1. The maximum atomic E-state index is 12.8. The standard InChI is InChI=1S/C18H17F2N5/c19-18(20)15-9-17(23-12-22-15)25-7-5-24(6-8-25)16-11-21-10-13-3-1-2-4-14(13)16/h1-4,9-12,18H,5-8H2. The highest BCUT2D eigenvalue weighted by Crippen LogP contribution is 2.27. The van der Waals surface area contributed by atoms with E-state index in [1.165, 1.54) is 17.8 Å². The van der Waals surface area contributed by atoms with Crippen LogP contribution in [0.25, 0.3) is 10.8 Å². The normalized spacial score (nSPS) is 15.2. The van der Waals surface area contributed by atoms with Crippen LogP contribution in [-0.4, -0.2) is 41.1 Å². The van der Waals surface area contributed by atoms with Gasteiger partial charge in [-0.25, -0.2) is 18.7 Å². The highest BCUT2D eigenvalue weighted by atomic mass is 19.3.